The van der Waals surface area contributed by atoms with E-state index < -0.39 is 0 Å². The molecule has 0 aliphatic carbocycles. The summed E-state index contributed by atoms with van der Waals surface area (Å²) in [6.07, 6.45) is 9.84. The summed E-state index contributed by atoms with van der Waals surface area (Å²) in [5.41, 5.74) is 6.05. The van der Waals surface area contributed by atoms with Gasteiger partial charge in [-0.3, -0.25) is 9.59 Å². The van der Waals surface area contributed by atoms with E-state index in [0.717, 1.165) is 52.6 Å². The van der Waals surface area contributed by atoms with Crippen molar-refractivity contribution in [1.82, 2.24) is 15.3 Å². The van der Waals surface area contributed by atoms with Crippen molar-refractivity contribution < 1.29 is 9.53 Å². The summed E-state index contributed by atoms with van der Waals surface area (Å²) in [5, 5.41) is 4.59. The SMILES string of the molecule is C#CC.C=C(C)/C=C(\C(=C/C)C(C)=O)c1cc(=O)[nH]cc1C.CC.Cc1nc2ccc(C3COCCN3)cc2s1. The first-order valence-corrected chi connectivity index (χ1v) is 14.2. The van der Waals surface area contributed by atoms with Crippen molar-refractivity contribution >= 4 is 32.9 Å². The number of nitrogens with one attached hydrogen (secondary N) is 2. The van der Waals surface area contributed by atoms with Crippen molar-refractivity contribution in [3.8, 4) is 12.3 Å². The number of benzene rings is 1. The Hall–Kier alpha value is -3.57. The molecule has 0 spiro atoms. The monoisotopic (exact) mass is 561 g/mol. The largest absolute Gasteiger partial charge is 0.378 e. The lowest BCUT2D eigenvalue weighted by Gasteiger charge is -2.24. The third kappa shape index (κ3) is 10.5. The first-order valence-electron chi connectivity index (χ1n) is 13.4. The van der Waals surface area contributed by atoms with Gasteiger partial charge in [0.05, 0.1) is 34.5 Å². The molecule has 214 valence electrons. The molecule has 0 bridgehead atoms. The molecule has 1 unspecified atom stereocenters. The lowest BCUT2D eigenvalue weighted by atomic mass is 9.92. The van der Waals surface area contributed by atoms with E-state index in [2.05, 4.69) is 52.4 Å². The fraction of sp³-hybridized carbons (Fsp3) is 0.364. The molecule has 1 aromatic carbocycles. The summed E-state index contributed by atoms with van der Waals surface area (Å²) in [5.74, 6) is 2.22. The van der Waals surface area contributed by atoms with Crippen LogP contribution in [0.4, 0.5) is 0 Å². The van der Waals surface area contributed by atoms with Crippen molar-refractivity contribution in [1.29, 1.82) is 0 Å². The fourth-order valence-corrected chi connectivity index (χ4v) is 4.86. The summed E-state index contributed by atoms with van der Waals surface area (Å²) in [4.78, 5) is 30.3. The van der Waals surface area contributed by atoms with Crippen LogP contribution in [-0.2, 0) is 9.53 Å². The Kier molecular flexibility index (Phi) is 15.4. The Morgan fingerprint density at radius 3 is 2.48 bits per heavy atom. The third-order valence-electron chi connectivity index (χ3n) is 5.61. The zero-order valence-electron chi connectivity index (χ0n) is 25.1. The second-order valence-corrected chi connectivity index (χ2v) is 10.1. The van der Waals surface area contributed by atoms with Crippen LogP contribution in [0, 0.1) is 26.2 Å². The molecule has 1 fully saturated rings. The van der Waals surface area contributed by atoms with Gasteiger partial charge in [0.15, 0.2) is 5.78 Å². The van der Waals surface area contributed by atoms with Crippen molar-refractivity contribution in [3.05, 3.63) is 92.4 Å². The van der Waals surface area contributed by atoms with Crippen LogP contribution in [0.25, 0.3) is 15.8 Å². The first kappa shape index (κ1) is 34.5. The number of pyridine rings is 1. The van der Waals surface area contributed by atoms with Gasteiger partial charge in [0.2, 0.25) is 5.56 Å². The van der Waals surface area contributed by atoms with Crippen molar-refractivity contribution in [2.24, 2.45) is 0 Å². The average Bonchev–Trinajstić information content (AvgIpc) is 3.31. The lowest BCUT2D eigenvalue weighted by Crippen LogP contribution is -2.34. The summed E-state index contributed by atoms with van der Waals surface area (Å²) < 4.78 is 6.75. The van der Waals surface area contributed by atoms with E-state index >= 15 is 0 Å². The highest BCUT2D eigenvalue weighted by atomic mass is 32.1. The van der Waals surface area contributed by atoms with Gasteiger partial charge in [0, 0.05) is 24.4 Å². The molecule has 40 heavy (non-hydrogen) atoms. The quantitative estimate of drug-likeness (QED) is 0.197. The molecule has 1 atom stereocenters. The van der Waals surface area contributed by atoms with E-state index in [-0.39, 0.29) is 11.3 Å². The number of aromatic amines is 1. The third-order valence-corrected chi connectivity index (χ3v) is 6.55. The maximum absolute atomic E-state index is 11.7. The van der Waals surface area contributed by atoms with Crippen LogP contribution in [0.1, 0.15) is 69.3 Å². The van der Waals surface area contributed by atoms with Crippen LogP contribution in [0.5, 0.6) is 0 Å². The number of aromatic nitrogens is 2. The van der Waals surface area contributed by atoms with Crippen LogP contribution in [0.3, 0.4) is 0 Å². The number of ketones is 1. The number of fused-ring (bicyclic) bond motifs is 1. The summed E-state index contributed by atoms with van der Waals surface area (Å²) in [6, 6.07) is 8.32. The predicted molar refractivity (Wildman–Crippen MR) is 171 cm³/mol. The van der Waals surface area contributed by atoms with Gasteiger partial charge in [-0.05, 0) is 75.9 Å². The number of hydrogen-bond donors (Lipinski definition) is 2. The molecule has 0 saturated carbocycles. The maximum atomic E-state index is 11.7. The highest BCUT2D eigenvalue weighted by Gasteiger charge is 2.16. The van der Waals surface area contributed by atoms with Crippen molar-refractivity contribution in [2.45, 2.75) is 61.4 Å². The predicted octanol–water partition coefficient (Wildman–Crippen LogP) is 7.11. The minimum atomic E-state index is -0.188. The standard InChI is InChI=1S/C16H19NO2.C12H14N2OS.C3H4.C2H6/c1-6-13(12(5)18)15(7-10(2)3)14-8-16(19)17-9-11(14)4;1-8-14-10-3-2-9(6-12(10)16-8)11-7-15-5-4-13-11;1-3-2;1-2/h6-9H,2H2,1,3-5H3,(H,17,19);2-3,6,11,13H,4-5,7H2,1H3;1H,2H3;1-2H3/b13-6-,15-7+;;;. The molecular formula is C33H43N3O3S. The van der Waals surface area contributed by atoms with Crippen LogP contribution in [-0.4, -0.2) is 35.5 Å². The van der Waals surface area contributed by atoms with E-state index in [0.29, 0.717) is 11.6 Å². The Morgan fingerprint density at radius 1 is 1.25 bits per heavy atom. The molecule has 6 nitrogen and oxygen atoms in total. The van der Waals surface area contributed by atoms with Crippen LogP contribution >= 0.6 is 11.3 Å². The number of terminal acetylenes is 1. The molecule has 2 N–H and O–H groups in total. The Morgan fingerprint density at radius 2 is 1.93 bits per heavy atom. The van der Waals surface area contributed by atoms with Gasteiger partial charge in [0.1, 0.15) is 0 Å². The summed E-state index contributed by atoms with van der Waals surface area (Å²) >= 11 is 1.75. The Balaban J connectivity index is 0.000000347. The number of nitrogens with zero attached hydrogens (tertiary/aromatic N) is 1. The van der Waals surface area contributed by atoms with E-state index in [9.17, 15) is 9.59 Å². The normalized spacial score (nSPS) is 14.8. The molecule has 0 amide bonds. The van der Waals surface area contributed by atoms with E-state index in [1.54, 1.807) is 30.5 Å². The van der Waals surface area contributed by atoms with E-state index in [1.165, 1.54) is 23.3 Å². The van der Waals surface area contributed by atoms with Crippen LogP contribution in [0.2, 0.25) is 0 Å². The smallest absolute Gasteiger partial charge is 0.248 e. The second kappa shape index (κ2) is 17.9. The number of morpholine rings is 1. The number of allylic oxidation sites excluding steroid dienone is 5. The molecular weight excluding hydrogens is 518 g/mol. The van der Waals surface area contributed by atoms with Crippen molar-refractivity contribution in [3.63, 3.8) is 0 Å². The van der Waals surface area contributed by atoms with Gasteiger partial charge in [-0.1, -0.05) is 44.2 Å². The minimum absolute atomic E-state index is 0.0327. The molecule has 1 aliphatic heterocycles. The van der Waals surface area contributed by atoms with E-state index in [1.807, 2.05) is 47.6 Å². The lowest BCUT2D eigenvalue weighted by molar-refractivity contribution is -0.113. The van der Waals surface area contributed by atoms with E-state index in [4.69, 9.17) is 4.74 Å². The number of ether oxygens (including phenoxy) is 1. The number of H-pyrrole nitrogens is 1. The zero-order chi connectivity index (χ0) is 30.2. The van der Waals surface area contributed by atoms with Crippen LogP contribution in [0.15, 0.2) is 65.1 Å². The second-order valence-electron chi connectivity index (χ2n) is 8.89. The maximum Gasteiger partial charge on any atom is 0.248 e. The molecule has 2 aromatic heterocycles. The van der Waals surface area contributed by atoms with Gasteiger partial charge in [-0.25, -0.2) is 4.98 Å². The number of aryl methyl sites for hydroxylation is 2. The van der Waals surface area contributed by atoms with Crippen molar-refractivity contribution in [2.75, 3.05) is 19.8 Å². The molecule has 1 saturated heterocycles. The number of thiazole rings is 1. The van der Waals surface area contributed by atoms with Gasteiger partial charge >= 0.3 is 0 Å². The molecule has 7 heteroatoms. The first-order chi connectivity index (χ1) is 19.1. The molecule has 1 aliphatic rings. The number of rotatable bonds is 5. The molecule has 3 heterocycles. The number of Topliss-reactive ketones (excluding diaryl/α,β-unsaturated/α-hetero) is 1. The number of carbonyl (C=O) groups excluding carboxylic acids is 1. The van der Waals surface area contributed by atoms with Gasteiger partial charge < -0.3 is 15.0 Å². The van der Waals surface area contributed by atoms with Gasteiger partial charge in [-0.2, -0.15) is 0 Å². The Labute approximate surface area is 243 Å². The zero-order valence-corrected chi connectivity index (χ0v) is 25.9. The highest BCUT2D eigenvalue weighted by molar-refractivity contribution is 7.18. The molecule has 3 aromatic rings. The number of carbonyl (C=O) groups is 1. The minimum Gasteiger partial charge on any atom is -0.378 e. The summed E-state index contributed by atoms with van der Waals surface area (Å²) in [6.45, 7) is 21.1. The summed E-state index contributed by atoms with van der Waals surface area (Å²) in [7, 11) is 0. The number of hydrogen-bond acceptors (Lipinski definition) is 6. The molecule has 4 rings (SSSR count). The average molecular weight is 562 g/mol. The van der Waals surface area contributed by atoms with Crippen LogP contribution < -0.4 is 10.9 Å². The molecule has 0 radical (unpaired) electrons. The Bertz CT molecular complexity index is 1430. The van der Waals surface area contributed by atoms with Gasteiger partial charge in [0.25, 0.3) is 0 Å². The highest BCUT2D eigenvalue weighted by Crippen LogP contribution is 2.27. The topological polar surface area (TPSA) is 84.1 Å². The fourth-order valence-electron chi connectivity index (χ4n) is 3.98. The van der Waals surface area contributed by atoms with Gasteiger partial charge in [-0.15, -0.1) is 23.7 Å².